The number of hydrogen-bond acceptors (Lipinski definition) is 6. The van der Waals surface area contributed by atoms with E-state index in [1.165, 1.54) is 0 Å². The van der Waals surface area contributed by atoms with E-state index >= 15 is 0 Å². The van der Waals surface area contributed by atoms with Crippen LogP contribution in [0.1, 0.15) is 54.4 Å². The molecule has 4 atom stereocenters. The van der Waals surface area contributed by atoms with Gasteiger partial charge in [-0.05, 0) is 106 Å². The first-order valence-corrected chi connectivity index (χ1v) is 20.1. The summed E-state index contributed by atoms with van der Waals surface area (Å²) < 4.78 is 26.1. The van der Waals surface area contributed by atoms with Gasteiger partial charge in [-0.2, -0.15) is 0 Å². The Bertz CT molecular complexity index is 435. The van der Waals surface area contributed by atoms with Crippen LogP contribution >= 0.6 is 0 Å². The molecule has 0 aromatic carbocycles. The first kappa shape index (κ1) is 26.7. The van der Waals surface area contributed by atoms with Gasteiger partial charge in [0.1, 0.15) is 0 Å². The van der Waals surface area contributed by atoms with Gasteiger partial charge in [0.05, 0.1) is 0 Å². The summed E-state index contributed by atoms with van der Waals surface area (Å²) in [7, 11) is -7.99. The molecule has 1 rings (SSSR count). The van der Waals surface area contributed by atoms with E-state index in [9.17, 15) is 0 Å². The van der Waals surface area contributed by atoms with Crippen LogP contribution in [-0.4, -0.2) is 59.9 Å². The molecule has 1 fully saturated rings. The minimum Gasteiger partial charge on any atom is -0.420 e. The smallest absolute Gasteiger partial charge is 0.317 e. The second-order valence-corrected chi connectivity index (χ2v) is 22.0. The lowest BCUT2D eigenvalue weighted by Gasteiger charge is -2.43. The zero-order chi connectivity index (χ0) is 21.6. The van der Waals surface area contributed by atoms with Crippen LogP contribution in [0.5, 0.6) is 0 Å². The average Bonchev–Trinajstić information content (AvgIpc) is 2.44. The predicted octanol–water partition coefficient (Wildman–Crippen LogP) is 3.47. The van der Waals surface area contributed by atoms with Crippen molar-refractivity contribution >= 4 is 35.7 Å². The second kappa shape index (κ2) is 10.8. The Morgan fingerprint density at radius 3 is 1.39 bits per heavy atom. The Morgan fingerprint density at radius 2 is 1.07 bits per heavy atom. The van der Waals surface area contributed by atoms with E-state index in [0.29, 0.717) is 0 Å². The molecule has 0 amide bonds. The molecule has 4 unspecified atom stereocenters. The van der Waals surface area contributed by atoms with E-state index in [1.807, 2.05) is 0 Å². The van der Waals surface area contributed by atoms with Crippen LogP contribution in [0.25, 0.3) is 0 Å². The molecule has 0 radical (unpaired) electrons. The van der Waals surface area contributed by atoms with Crippen molar-refractivity contribution in [2.75, 3.05) is 13.1 Å². The quantitative estimate of drug-likeness (QED) is 0.422. The van der Waals surface area contributed by atoms with Crippen molar-refractivity contribution < 1.29 is 16.5 Å². The molecule has 0 bridgehead atoms. The molecule has 28 heavy (non-hydrogen) atoms. The molecule has 0 saturated carbocycles. The summed E-state index contributed by atoms with van der Waals surface area (Å²) in [5.41, 5.74) is 0.285. The van der Waals surface area contributed by atoms with Crippen LogP contribution < -0.4 is 10.6 Å². The molecule has 0 aromatic rings. The molecule has 2 N–H and O–H groups in total. The summed E-state index contributed by atoms with van der Waals surface area (Å²) in [6.07, 6.45) is 2.12. The monoisotopic (exact) mass is 466 g/mol. The van der Waals surface area contributed by atoms with Crippen molar-refractivity contribution in [3.8, 4) is 0 Å². The van der Waals surface area contributed by atoms with Gasteiger partial charge in [0.15, 0.2) is 0 Å². The number of hydrogen-bond donors (Lipinski definition) is 2. The highest BCUT2D eigenvalue weighted by Gasteiger charge is 2.46. The van der Waals surface area contributed by atoms with Gasteiger partial charge in [-0.1, -0.05) is 0 Å². The lowest BCUT2D eigenvalue weighted by atomic mass is 10.1. The van der Waals surface area contributed by atoms with E-state index in [1.54, 1.807) is 0 Å². The zero-order valence-corrected chi connectivity index (χ0v) is 24.3. The average molecular weight is 467 g/mol. The van der Waals surface area contributed by atoms with Crippen molar-refractivity contribution in [1.29, 1.82) is 0 Å². The Kier molecular flexibility index (Phi) is 10.3. The Morgan fingerprint density at radius 1 is 0.714 bits per heavy atom. The SMILES string of the molecule is C[SiH]1O[SiH](C)O[Si](C)(CCCNC(C)(C)C)O[Si](C)(CCCNC(C)(C)C)O1. The maximum atomic E-state index is 6.84. The molecule has 0 aromatic heterocycles. The minimum absolute atomic E-state index is 0.143. The topological polar surface area (TPSA) is 61.0 Å². The van der Waals surface area contributed by atoms with Gasteiger partial charge in [0.2, 0.25) is 0 Å². The van der Waals surface area contributed by atoms with Crippen molar-refractivity contribution in [3.05, 3.63) is 0 Å². The second-order valence-electron chi connectivity index (χ2n) is 10.4. The van der Waals surface area contributed by atoms with Crippen LogP contribution in [0, 0.1) is 0 Å². The third kappa shape index (κ3) is 11.7. The van der Waals surface area contributed by atoms with Gasteiger partial charge in [-0.25, -0.2) is 0 Å². The molecule has 10 heteroatoms. The third-order valence-corrected chi connectivity index (χ3v) is 20.3. The van der Waals surface area contributed by atoms with Gasteiger partial charge in [0.25, 0.3) is 18.6 Å². The van der Waals surface area contributed by atoms with Gasteiger partial charge >= 0.3 is 17.1 Å². The zero-order valence-electron chi connectivity index (χ0n) is 20.0. The van der Waals surface area contributed by atoms with Crippen molar-refractivity contribution in [1.82, 2.24) is 10.6 Å². The normalized spacial score (nSPS) is 32.8. The molecule has 1 aliphatic heterocycles. The fourth-order valence-electron chi connectivity index (χ4n) is 3.50. The molecular formula is C18H46N2O4Si4. The van der Waals surface area contributed by atoms with Gasteiger partial charge in [0, 0.05) is 11.1 Å². The van der Waals surface area contributed by atoms with E-state index < -0.39 is 35.7 Å². The number of rotatable bonds is 8. The van der Waals surface area contributed by atoms with Gasteiger partial charge < -0.3 is 27.1 Å². The Hall–Kier alpha value is 0.628. The first-order valence-electron chi connectivity index (χ1n) is 10.8. The van der Waals surface area contributed by atoms with Gasteiger partial charge in [-0.15, -0.1) is 0 Å². The summed E-state index contributed by atoms with van der Waals surface area (Å²) in [4.78, 5) is 0. The van der Waals surface area contributed by atoms with E-state index in [-0.39, 0.29) is 11.1 Å². The fraction of sp³-hybridized carbons (Fsp3) is 1.00. The molecule has 6 nitrogen and oxygen atoms in total. The maximum absolute atomic E-state index is 6.84. The summed E-state index contributed by atoms with van der Waals surface area (Å²) in [6.45, 7) is 23.8. The van der Waals surface area contributed by atoms with E-state index in [0.717, 1.165) is 38.0 Å². The van der Waals surface area contributed by atoms with Crippen LogP contribution in [0.4, 0.5) is 0 Å². The Labute approximate surface area is 179 Å². The lowest BCUT2D eigenvalue weighted by molar-refractivity contribution is 0.252. The fourth-order valence-corrected chi connectivity index (χ4v) is 21.0. The third-order valence-electron chi connectivity index (χ3n) is 4.57. The molecular weight excluding hydrogens is 421 g/mol. The summed E-state index contributed by atoms with van der Waals surface area (Å²) in [5, 5.41) is 7.14. The highest BCUT2D eigenvalue weighted by atomic mass is 28.5. The molecule has 1 aliphatic rings. The van der Waals surface area contributed by atoms with Crippen LogP contribution in [0.2, 0.25) is 38.3 Å². The molecule has 1 saturated heterocycles. The molecule has 0 aliphatic carbocycles. The van der Waals surface area contributed by atoms with Crippen molar-refractivity contribution in [3.63, 3.8) is 0 Å². The standard InChI is InChI=1S/C18H46N2O4Si4/c1-17(2,3)19-13-11-15-27(9)22-25(7)21-26(8)23-28(10,24-27)16-12-14-20-18(4,5)6/h19-20,25-26H,11-16H2,1-10H3. The molecule has 1 heterocycles. The first-order chi connectivity index (χ1) is 12.6. The lowest BCUT2D eigenvalue weighted by Crippen LogP contribution is -2.59. The summed E-state index contributed by atoms with van der Waals surface area (Å²) >= 11 is 0. The maximum Gasteiger partial charge on any atom is 0.317 e. The van der Waals surface area contributed by atoms with Crippen molar-refractivity contribution in [2.45, 2.75) is 104 Å². The molecule has 168 valence electrons. The van der Waals surface area contributed by atoms with E-state index in [2.05, 4.69) is 78.4 Å². The highest BCUT2D eigenvalue weighted by molar-refractivity contribution is 6.86. The van der Waals surface area contributed by atoms with E-state index in [4.69, 9.17) is 16.5 Å². The Balaban J connectivity index is 2.71. The highest BCUT2D eigenvalue weighted by Crippen LogP contribution is 2.29. The predicted molar refractivity (Wildman–Crippen MR) is 128 cm³/mol. The largest absolute Gasteiger partial charge is 0.420 e. The summed E-state index contributed by atoms with van der Waals surface area (Å²) in [6, 6.07) is 1.97. The van der Waals surface area contributed by atoms with Crippen molar-refractivity contribution in [2.24, 2.45) is 0 Å². The minimum atomic E-state index is -2.31. The molecule has 0 spiro atoms. The van der Waals surface area contributed by atoms with Gasteiger partial charge in [-0.3, -0.25) is 0 Å². The number of nitrogens with one attached hydrogen (secondary N) is 2. The van der Waals surface area contributed by atoms with Crippen LogP contribution in [0.15, 0.2) is 0 Å². The van der Waals surface area contributed by atoms with Crippen LogP contribution in [-0.2, 0) is 16.5 Å². The van der Waals surface area contributed by atoms with Crippen LogP contribution in [0.3, 0.4) is 0 Å². The summed E-state index contributed by atoms with van der Waals surface area (Å²) in [5.74, 6) is 0.